The Balaban J connectivity index is 2.40. The van der Waals surface area contributed by atoms with E-state index in [0.29, 0.717) is 13.1 Å². The standard InChI is InChI=1S/C7H14N2O4S/c8-6(7(10)11)2-5-14(12,13)9-3-1-4-9/h6H,1-5,8H2,(H,10,11)/t6-/m0/s1. The summed E-state index contributed by atoms with van der Waals surface area (Å²) in [7, 11) is -3.26. The van der Waals surface area contributed by atoms with Gasteiger partial charge in [-0.25, -0.2) is 12.7 Å². The van der Waals surface area contributed by atoms with Crippen molar-refractivity contribution in [1.82, 2.24) is 4.31 Å². The molecule has 0 bridgehead atoms. The Morgan fingerprint density at radius 2 is 2.07 bits per heavy atom. The van der Waals surface area contributed by atoms with Crippen LogP contribution in [0.25, 0.3) is 0 Å². The molecule has 0 saturated carbocycles. The third-order valence-electron chi connectivity index (χ3n) is 2.21. The van der Waals surface area contributed by atoms with Gasteiger partial charge >= 0.3 is 5.97 Å². The number of carbonyl (C=O) groups is 1. The van der Waals surface area contributed by atoms with E-state index in [2.05, 4.69) is 0 Å². The van der Waals surface area contributed by atoms with E-state index in [1.807, 2.05) is 0 Å². The molecular weight excluding hydrogens is 208 g/mol. The zero-order valence-electron chi connectivity index (χ0n) is 7.72. The number of nitrogens with two attached hydrogens (primary N) is 1. The Labute approximate surface area is 82.7 Å². The zero-order valence-corrected chi connectivity index (χ0v) is 8.53. The molecule has 1 rings (SSSR count). The van der Waals surface area contributed by atoms with Gasteiger partial charge in [-0.15, -0.1) is 0 Å². The molecule has 0 aromatic heterocycles. The molecule has 3 N–H and O–H groups in total. The Hall–Kier alpha value is -0.660. The van der Waals surface area contributed by atoms with Crippen LogP contribution in [0.5, 0.6) is 0 Å². The molecule has 6 nitrogen and oxygen atoms in total. The minimum Gasteiger partial charge on any atom is -0.480 e. The molecule has 0 aliphatic carbocycles. The van der Waals surface area contributed by atoms with Crippen molar-refractivity contribution in [3.8, 4) is 0 Å². The lowest BCUT2D eigenvalue weighted by Gasteiger charge is -2.29. The molecule has 14 heavy (non-hydrogen) atoms. The predicted molar refractivity (Wildman–Crippen MR) is 50.2 cm³/mol. The van der Waals surface area contributed by atoms with Crippen molar-refractivity contribution in [3.05, 3.63) is 0 Å². The van der Waals surface area contributed by atoms with E-state index in [4.69, 9.17) is 10.8 Å². The van der Waals surface area contributed by atoms with Crippen molar-refractivity contribution in [1.29, 1.82) is 0 Å². The maximum absolute atomic E-state index is 11.4. The van der Waals surface area contributed by atoms with Crippen molar-refractivity contribution >= 4 is 16.0 Å². The molecule has 0 unspecified atom stereocenters. The summed E-state index contributed by atoms with van der Waals surface area (Å²) in [6.07, 6.45) is 0.846. The molecule has 82 valence electrons. The topological polar surface area (TPSA) is 101 Å². The number of carboxylic acids is 1. The molecule has 1 heterocycles. The average Bonchev–Trinajstić information content (AvgIpc) is 1.95. The lowest BCUT2D eigenvalue weighted by molar-refractivity contribution is -0.138. The van der Waals surface area contributed by atoms with E-state index >= 15 is 0 Å². The van der Waals surface area contributed by atoms with Crippen LogP contribution in [0.2, 0.25) is 0 Å². The van der Waals surface area contributed by atoms with Gasteiger partial charge in [-0.3, -0.25) is 4.79 Å². The van der Waals surface area contributed by atoms with Crippen molar-refractivity contribution in [2.24, 2.45) is 5.73 Å². The van der Waals surface area contributed by atoms with Crippen LogP contribution < -0.4 is 5.73 Å². The molecule has 1 saturated heterocycles. The monoisotopic (exact) mass is 222 g/mol. The van der Waals surface area contributed by atoms with Crippen molar-refractivity contribution in [2.75, 3.05) is 18.8 Å². The van der Waals surface area contributed by atoms with Crippen molar-refractivity contribution < 1.29 is 18.3 Å². The Bertz CT molecular complexity index is 310. The van der Waals surface area contributed by atoms with E-state index < -0.39 is 22.0 Å². The van der Waals surface area contributed by atoms with Crippen LogP contribution in [-0.2, 0) is 14.8 Å². The third kappa shape index (κ3) is 2.66. The summed E-state index contributed by atoms with van der Waals surface area (Å²) < 4.78 is 24.2. The number of hydrogen-bond acceptors (Lipinski definition) is 4. The fourth-order valence-electron chi connectivity index (χ4n) is 1.09. The number of rotatable bonds is 5. The van der Waals surface area contributed by atoms with Gasteiger partial charge in [0.15, 0.2) is 0 Å². The van der Waals surface area contributed by atoms with Crippen molar-refractivity contribution in [3.63, 3.8) is 0 Å². The number of sulfonamides is 1. The number of aliphatic carboxylic acids is 1. The van der Waals surface area contributed by atoms with Gasteiger partial charge in [0.1, 0.15) is 6.04 Å². The minimum atomic E-state index is -3.26. The SMILES string of the molecule is N[C@@H](CCS(=O)(=O)N1CCC1)C(=O)O. The normalized spacial score (nSPS) is 20.1. The summed E-state index contributed by atoms with van der Waals surface area (Å²) in [5.74, 6) is -1.34. The highest BCUT2D eigenvalue weighted by atomic mass is 32.2. The van der Waals surface area contributed by atoms with Crippen molar-refractivity contribution in [2.45, 2.75) is 18.9 Å². The highest BCUT2D eigenvalue weighted by Crippen LogP contribution is 2.13. The third-order valence-corrected chi connectivity index (χ3v) is 4.12. The smallest absolute Gasteiger partial charge is 0.320 e. The number of nitrogens with zero attached hydrogens (tertiary/aromatic N) is 1. The molecule has 0 radical (unpaired) electrons. The van der Waals surface area contributed by atoms with Crippen LogP contribution in [0.4, 0.5) is 0 Å². The van der Waals surface area contributed by atoms with Crippen LogP contribution in [0.15, 0.2) is 0 Å². The summed E-state index contributed by atoms with van der Waals surface area (Å²) in [4.78, 5) is 10.3. The highest BCUT2D eigenvalue weighted by Gasteiger charge is 2.28. The molecular formula is C7H14N2O4S. The molecule has 0 amide bonds. The van der Waals surface area contributed by atoms with Gasteiger partial charge in [0.05, 0.1) is 5.75 Å². The predicted octanol–water partition coefficient (Wildman–Crippen LogP) is -1.18. The molecule has 0 aromatic rings. The first-order valence-corrected chi connectivity index (χ1v) is 6.00. The summed E-state index contributed by atoms with van der Waals surface area (Å²) in [5.41, 5.74) is 5.20. The molecule has 1 atom stereocenters. The largest absolute Gasteiger partial charge is 0.480 e. The van der Waals surface area contributed by atoms with Gasteiger partial charge < -0.3 is 10.8 Å². The maximum Gasteiger partial charge on any atom is 0.320 e. The molecule has 0 spiro atoms. The van der Waals surface area contributed by atoms with E-state index in [-0.39, 0.29) is 12.2 Å². The Kier molecular flexibility index (Phi) is 3.46. The van der Waals surface area contributed by atoms with Crippen LogP contribution in [0, 0.1) is 0 Å². The first kappa shape index (κ1) is 11.4. The highest BCUT2D eigenvalue weighted by molar-refractivity contribution is 7.89. The van der Waals surface area contributed by atoms with E-state index in [1.165, 1.54) is 4.31 Å². The number of hydrogen-bond donors (Lipinski definition) is 2. The molecule has 1 aliphatic heterocycles. The minimum absolute atomic E-state index is 0.0336. The second-order valence-corrected chi connectivity index (χ2v) is 5.39. The van der Waals surface area contributed by atoms with E-state index in [0.717, 1.165) is 6.42 Å². The number of carboxylic acid groups (broad SMARTS) is 1. The average molecular weight is 222 g/mol. The van der Waals surface area contributed by atoms with Gasteiger partial charge in [-0.2, -0.15) is 0 Å². The van der Waals surface area contributed by atoms with Crippen LogP contribution >= 0.6 is 0 Å². The van der Waals surface area contributed by atoms with Gasteiger partial charge in [0, 0.05) is 13.1 Å². The fraction of sp³-hybridized carbons (Fsp3) is 0.857. The summed E-state index contributed by atoms with van der Waals surface area (Å²) in [6.45, 7) is 1.09. The second-order valence-electron chi connectivity index (χ2n) is 3.30. The van der Waals surface area contributed by atoms with Gasteiger partial charge in [0.2, 0.25) is 10.0 Å². The summed E-state index contributed by atoms with van der Waals surface area (Å²) in [6, 6.07) is -1.09. The summed E-state index contributed by atoms with van der Waals surface area (Å²) >= 11 is 0. The fourth-order valence-corrected chi connectivity index (χ4v) is 2.72. The first-order chi connectivity index (χ1) is 6.43. The molecule has 7 heteroatoms. The van der Waals surface area contributed by atoms with Gasteiger partial charge in [-0.05, 0) is 12.8 Å². The maximum atomic E-state index is 11.4. The Morgan fingerprint density at radius 3 is 2.43 bits per heavy atom. The van der Waals surface area contributed by atoms with Crippen LogP contribution in [-0.4, -0.2) is 48.7 Å². The van der Waals surface area contributed by atoms with Crippen LogP contribution in [0.3, 0.4) is 0 Å². The Morgan fingerprint density at radius 1 is 1.50 bits per heavy atom. The summed E-state index contributed by atoms with van der Waals surface area (Å²) in [5, 5.41) is 8.46. The van der Waals surface area contributed by atoms with E-state index in [1.54, 1.807) is 0 Å². The van der Waals surface area contributed by atoms with Gasteiger partial charge in [0.25, 0.3) is 0 Å². The molecule has 0 aromatic carbocycles. The van der Waals surface area contributed by atoms with E-state index in [9.17, 15) is 13.2 Å². The second kappa shape index (κ2) is 4.24. The molecule has 1 fully saturated rings. The quantitative estimate of drug-likeness (QED) is 0.610. The zero-order chi connectivity index (χ0) is 10.8. The van der Waals surface area contributed by atoms with Gasteiger partial charge in [-0.1, -0.05) is 0 Å². The first-order valence-electron chi connectivity index (χ1n) is 4.40. The van der Waals surface area contributed by atoms with Crippen LogP contribution in [0.1, 0.15) is 12.8 Å². The lowest BCUT2D eigenvalue weighted by atomic mass is 10.2. The molecule has 1 aliphatic rings. The lowest BCUT2D eigenvalue weighted by Crippen LogP contribution is -2.44.